The number of rotatable bonds is 4. The van der Waals surface area contributed by atoms with Gasteiger partial charge in [-0.25, -0.2) is 4.98 Å². The van der Waals surface area contributed by atoms with Gasteiger partial charge in [0.05, 0.1) is 25.5 Å². The molecule has 0 aliphatic carbocycles. The zero-order chi connectivity index (χ0) is 12.1. The molecule has 5 nitrogen and oxygen atoms in total. The number of anilines is 1. The van der Waals surface area contributed by atoms with Gasteiger partial charge in [-0.3, -0.25) is 4.79 Å². The molecule has 0 unspecified atom stereocenters. The predicted octanol–water partition coefficient (Wildman–Crippen LogP) is 1.60. The SMILES string of the molecule is COc1ccccc1NC(=O)Cc1cnc[nH]1. The Morgan fingerprint density at radius 2 is 2.29 bits per heavy atom. The molecule has 0 saturated heterocycles. The molecule has 2 N–H and O–H groups in total. The highest BCUT2D eigenvalue weighted by Gasteiger charge is 2.08. The Morgan fingerprint density at radius 3 is 3.00 bits per heavy atom. The molecule has 0 saturated carbocycles. The van der Waals surface area contributed by atoms with Gasteiger partial charge in [-0.15, -0.1) is 0 Å². The molecule has 2 aromatic rings. The topological polar surface area (TPSA) is 67.0 Å². The van der Waals surface area contributed by atoms with Gasteiger partial charge in [0.2, 0.25) is 5.91 Å². The summed E-state index contributed by atoms with van der Waals surface area (Å²) in [4.78, 5) is 18.5. The molecule has 0 spiro atoms. The van der Waals surface area contributed by atoms with Crippen molar-refractivity contribution in [3.63, 3.8) is 0 Å². The lowest BCUT2D eigenvalue weighted by atomic mass is 10.2. The lowest BCUT2D eigenvalue weighted by Gasteiger charge is -2.09. The molecule has 0 bridgehead atoms. The number of hydrogen-bond acceptors (Lipinski definition) is 3. The summed E-state index contributed by atoms with van der Waals surface area (Å²) >= 11 is 0. The van der Waals surface area contributed by atoms with Crippen LogP contribution in [-0.2, 0) is 11.2 Å². The molecule has 5 heteroatoms. The third-order valence-electron chi connectivity index (χ3n) is 2.29. The number of para-hydroxylation sites is 2. The van der Waals surface area contributed by atoms with E-state index in [1.165, 1.54) is 0 Å². The number of nitrogens with one attached hydrogen (secondary N) is 2. The second-order valence-corrected chi connectivity index (χ2v) is 3.50. The van der Waals surface area contributed by atoms with Crippen LogP contribution < -0.4 is 10.1 Å². The van der Waals surface area contributed by atoms with Gasteiger partial charge in [-0.1, -0.05) is 12.1 Å². The smallest absolute Gasteiger partial charge is 0.230 e. The van der Waals surface area contributed by atoms with Crippen LogP contribution in [0.1, 0.15) is 5.69 Å². The average Bonchev–Trinajstić information content (AvgIpc) is 2.82. The number of amides is 1. The molecule has 2 rings (SSSR count). The molecule has 0 radical (unpaired) electrons. The summed E-state index contributed by atoms with van der Waals surface area (Å²) in [6, 6.07) is 7.28. The molecule has 1 aromatic carbocycles. The van der Waals surface area contributed by atoms with Gasteiger partial charge >= 0.3 is 0 Å². The second-order valence-electron chi connectivity index (χ2n) is 3.50. The van der Waals surface area contributed by atoms with E-state index < -0.39 is 0 Å². The van der Waals surface area contributed by atoms with Gasteiger partial charge in [-0.2, -0.15) is 0 Å². The fraction of sp³-hybridized carbons (Fsp3) is 0.167. The maximum absolute atomic E-state index is 11.7. The molecular weight excluding hydrogens is 218 g/mol. The van der Waals surface area contributed by atoms with Crippen molar-refractivity contribution in [1.82, 2.24) is 9.97 Å². The minimum atomic E-state index is -0.112. The summed E-state index contributed by atoms with van der Waals surface area (Å²) < 4.78 is 5.15. The van der Waals surface area contributed by atoms with Gasteiger partial charge < -0.3 is 15.0 Å². The Kier molecular flexibility index (Phi) is 3.40. The number of methoxy groups -OCH3 is 1. The van der Waals surface area contributed by atoms with Crippen LogP contribution in [0.2, 0.25) is 0 Å². The third-order valence-corrected chi connectivity index (χ3v) is 2.29. The number of nitrogens with zero attached hydrogens (tertiary/aromatic N) is 1. The van der Waals surface area contributed by atoms with E-state index in [0.29, 0.717) is 11.4 Å². The molecule has 88 valence electrons. The summed E-state index contributed by atoms with van der Waals surface area (Å²) in [6.45, 7) is 0. The van der Waals surface area contributed by atoms with Crippen LogP contribution in [0.5, 0.6) is 5.75 Å². The van der Waals surface area contributed by atoms with Crippen molar-refractivity contribution in [3.05, 3.63) is 42.5 Å². The van der Waals surface area contributed by atoms with Crippen molar-refractivity contribution < 1.29 is 9.53 Å². The molecule has 0 atom stereocenters. The maximum atomic E-state index is 11.7. The number of hydrogen-bond donors (Lipinski definition) is 2. The summed E-state index contributed by atoms with van der Waals surface area (Å²) in [5.41, 5.74) is 1.44. The van der Waals surface area contributed by atoms with Crippen molar-refractivity contribution in [2.24, 2.45) is 0 Å². The first kappa shape index (κ1) is 11.2. The molecule has 0 fully saturated rings. The number of ether oxygens (including phenoxy) is 1. The van der Waals surface area contributed by atoms with Crippen LogP contribution in [0.3, 0.4) is 0 Å². The molecule has 17 heavy (non-hydrogen) atoms. The summed E-state index contributed by atoms with van der Waals surface area (Å²) in [5, 5.41) is 2.79. The van der Waals surface area contributed by atoms with E-state index >= 15 is 0 Å². The molecule has 1 aromatic heterocycles. The number of carbonyl (C=O) groups excluding carboxylic acids is 1. The monoisotopic (exact) mass is 231 g/mol. The molecule has 1 heterocycles. The zero-order valence-electron chi connectivity index (χ0n) is 9.43. The van der Waals surface area contributed by atoms with Gasteiger partial charge in [0.1, 0.15) is 5.75 Å². The highest BCUT2D eigenvalue weighted by atomic mass is 16.5. The number of carbonyl (C=O) groups is 1. The van der Waals surface area contributed by atoms with E-state index in [1.54, 1.807) is 31.8 Å². The third kappa shape index (κ3) is 2.84. The van der Waals surface area contributed by atoms with E-state index in [1.807, 2.05) is 12.1 Å². The lowest BCUT2D eigenvalue weighted by Crippen LogP contribution is -2.15. The van der Waals surface area contributed by atoms with Crippen LogP contribution in [0.15, 0.2) is 36.8 Å². The summed E-state index contributed by atoms with van der Waals surface area (Å²) in [5.74, 6) is 0.532. The standard InChI is InChI=1S/C12H13N3O2/c1-17-11-5-3-2-4-10(11)15-12(16)6-9-7-13-8-14-9/h2-5,7-8H,6H2,1H3,(H,13,14)(H,15,16). The van der Waals surface area contributed by atoms with E-state index in [0.717, 1.165) is 5.69 Å². The quantitative estimate of drug-likeness (QED) is 0.839. The number of H-pyrrole nitrogens is 1. The Balaban J connectivity index is 2.03. The first-order chi connectivity index (χ1) is 8.29. The van der Waals surface area contributed by atoms with Gasteiger partial charge in [0.15, 0.2) is 0 Å². The van der Waals surface area contributed by atoms with Crippen LogP contribution in [-0.4, -0.2) is 23.0 Å². The minimum absolute atomic E-state index is 0.112. The lowest BCUT2D eigenvalue weighted by molar-refractivity contribution is -0.115. The number of imidazole rings is 1. The Morgan fingerprint density at radius 1 is 1.47 bits per heavy atom. The van der Waals surface area contributed by atoms with Crippen molar-refractivity contribution >= 4 is 11.6 Å². The van der Waals surface area contributed by atoms with Gasteiger partial charge in [0.25, 0.3) is 0 Å². The van der Waals surface area contributed by atoms with E-state index in [2.05, 4.69) is 15.3 Å². The first-order valence-electron chi connectivity index (χ1n) is 5.19. The highest BCUT2D eigenvalue weighted by molar-refractivity contribution is 5.93. The van der Waals surface area contributed by atoms with Crippen molar-refractivity contribution in [1.29, 1.82) is 0 Å². The Bertz CT molecular complexity index is 494. The molecular formula is C12H13N3O2. The van der Waals surface area contributed by atoms with Gasteiger partial charge in [-0.05, 0) is 12.1 Å². The highest BCUT2D eigenvalue weighted by Crippen LogP contribution is 2.22. The van der Waals surface area contributed by atoms with Crippen molar-refractivity contribution in [2.45, 2.75) is 6.42 Å². The van der Waals surface area contributed by atoms with Gasteiger partial charge in [0, 0.05) is 11.9 Å². The summed E-state index contributed by atoms with van der Waals surface area (Å²) in [6.07, 6.45) is 3.44. The fourth-order valence-electron chi connectivity index (χ4n) is 1.50. The minimum Gasteiger partial charge on any atom is -0.495 e. The Hall–Kier alpha value is -2.30. The number of aromatic amines is 1. The summed E-state index contributed by atoms with van der Waals surface area (Å²) in [7, 11) is 1.57. The predicted molar refractivity (Wildman–Crippen MR) is 63.9 cm³/mol. The normalized spacial score (nSPS) is 9.94. The number of benzene rings is 1. The molecule has 0 aliphatic rings. The van der Waals surface area contributed by atoms with Crippen LogP contribution in [0.25, 0.3) is 0 Å². The second kappa shape index (κ2) is 5.16. The van der Waals surface area contributed by atoms with Crippen LogP contribution in [0.4, 0.5) is 5.69 Å². The van der Waals surface area contributed by atoms with E-state index in [9.17, 15) is 4.79 Å². The number of aromatic nitrogens is 2. The maximum Gasteiger partial charge on any atom is 0.230 e. The van der Waals surface area contributed by atoms with Crippen LogP contribution in [0, 0.1) is 0 Å². The Labute approximate surface area is 98.8 Å². The first-order valence-corrected chi connectivity index (χ1v) is 5.19. The van der Waals surface area contributed by atoms with Crippen molar-refractivity contribution in [2.75, 3.05) is 12.4 Å². The van der Waals surface area contributed by atoms with Crippen molar-refractivity contribution in [3.8, 4) is 5.75 Å². The largest absolute Gasteiger partial charge is 0.495 e. The zero-order valence-corrected chi connectivity index (χ0v) is 9.43. The molecule has 1 amide bonds. The average molecular weight is 231 g/mol. The van der Waals surface area contributed by atoms with Crippen LogP contribution >= 0.6 is 0 Å². The molecule has 0 aliphatic heterocycles. The van der Waals surface area contributed by atoms with E-state index in [-0.39, 0.29) is 12.3 Å². The van der Waals surface area contributed by atoms with E-state index in [4.69, 9.17) is 4.74 Å². The fourth-order valence-corrected chi connectivity index (χ4v) is 1.50.